The van der Waals surface area contributed by atoms with Crippen LogP contribution in [0.1, 0.15) is 10.4 Å². The number of halogens is 4. The minimum atomic E-state index is -1.47. The van der Waals surface area contributed by atoms with Crippen LogP contribution in [0.15, 0.2) is 6.07 Å². The summed E-state index contributed by atoms with van der Waals surface area (Å²) in [5, 5.41) is 7.69. The van der Waals surface area contributed by atoms with Crippen molar-refractivity contribution in [3.8, 4) is 0 Å². The molecule has 0 bridgehead atoms. The molecule has 0 aromatic heterocycles. The van der Waals surface area contributed by atoms with E-state index in [9.17, 15) is 13.6 Å². The number of rotatable bonds is 1. The van der Waals surface area contributed by atoms with Gasteiger partial charge >= 0.3 is 5.97 Å². The standard InChI is InChI=1S/C7H2ClF2IO2/c8-4-5(9)2(7(12)13)1-3(11)6(4)10/h1H,(H,12,13). The highest BCUT2D eigenvalue weighted by Gasteiger charge is 2.19. The van der Waals surface area contributed by atoms with E-state index < -0.39 is 28.2 Å². The molecule has 0 atom stereocenters. The molecule has 1 aromatic carbocycles. The van der Waals surface area contributed by atoms with Crippen molar-refractivity contribution in [1.82, 2.24) is 0 Å². The van der Waals surface area contributed by atoms with Gasteiger partial charge < -0.3 is 5.11 Å². The van der Waals surface area contributed by atoms with E-state index in [1.165, 1.54) is 22.6 Å². The van der Waals surface area contributed by atoms with Gasteiger partial charge in [0.05, 0.1) is 9.13 Å². The molecule has 0 aliphatic heterocycles. The average molecular weight is 318 g/mol. The summed E-state index contributed by atoms with van der Waals surface area (Å²) in [6.07, 6.45) is 0. The fourth-order valence-corrected chi connectivity index (χ4v) is 1.67. The zero-order valence-electron chi connectivity index (χ0n) is 5.94. The summed E-state index contributed by atoms with van der Waals surface area (Å²) < 4.78 is 25.8. The van der Waals surface area contributed by atoms with Gasteiger partial charge in [-0.3, -0.25) is 0 Å². The van der Waals surface area contributed by atoms with E-state index >= 15 is 0 Å². The van der Waals surface area contributed by atoms with Gasteiger partial charge in [0, 0.05) is 0 Å². The molecular formula is C7H2ClF2IO2. The van der Waals surface area contributed by atoms with E-state index in [1.54, 1.807) is 0 Å². The third-order valence-electron chi connectivity index (χ3n) is 1.33. The van der Waals surface area contributed by atoms with Crippen molar-refractivity contribution in [2.45, 2.75) is 0 Å². The van der Waals surface area contributed by atoms with Crippen LogP contribution in [0, 0.1) is 15.2 Å². The maximum absolute atomic E-state index is 12.9. The van der Waals surface area contributed by atoms with Crippen molar-refractivity contribution in [2.24, 2.45) is 0 Å². The first kappa shape index (κ1) is 10.6. The van der Waals surface area contributed by atoms with E-state index in [0.717, 1.165) is 6.07 Å². The first-order chi connectivity index (χ1) is 5.95. The van der Waals surface area contributed by atoms with Crippen LogP contribution >= 0.6 is 34.2 Å². The number of carboxylic acid groups (broad SMARTS) is 1. The minimum absolute atomic E-state index is 0.0265. The second-order valence-electron chi connectivity index (χ2n) is 2.15. The molecular weight excluding hydrogens is 316 g/mol. The molecule has 13 heavy (non-hydrogen) atoms. The van der Waals surface area contributed by atoms with Crippen molar-refractivity contribution in [3.63, 3.8) is 0 Å². The van der Waals surface area contributed by atoms with Crippen LogP contribution in [-0.2, 0) is 0 Å². The van der Waals surface area contributed by atoms with Gasteiger partial charge in [0.2, 0.25) is 0 Å². The summed E-state index contributed by atoms with van der Waals surface area (Å²) in [4.78, 5) is 10.4. The number of carbonyl (C=O) groups is 1. The summed E-state index contributed by atoms with van der Waals surface area (Å²) in [7, 11) is 0. The van der Waals surface area contributed by atoms with Gasteiger partial charge in [0.25, 0.3) is 0 Å². The van der Waals surface area contributed by atoms with Crippen LogP contribution in [0.5, 0.6) is 0 Å². The number of aromatic carboxylic acids is 1. The lowest BCUT2D eigenvalue weighted by Crippen LogP contribution is -2.03. The number of carboxylic acids is 1. The Hall–Kier alpha value is -0.430. The fraction of sp³-hybridized carbons (Fsp3) is 0. The molecule has 70 valence electrons. The van der Waals surface area contributed by atoms with Crippen LogP contribution < -0.4 is 0 Å². The van der Waals surface area contributed by atoms with Crippen LogP contribution in [0.3, 0.4) is 0 Å². The first-order valence-electron chi connectivity index (χ1n) is 3.01. The van der Waals surface area contributed by atoms with Crippen LogP contribution in [0.4, 0.5) is 8.78 Å². The van der Waals surface area contributed by atoms with Crippen molar-refractivity contribution >= 4 is 40.2 Å². The number of hydrogen-bond acceptors (Lipinski definition) is 1. The van der Waals surface area contributed by atoms with Crippen molar-refractivity contribution < 1.29 is 18.7 Å². The molecule has 1 N–H and O–H groups in total. The highest BCUT2D eigenvalue weighted by atomic mass is 127. The lowest BCUT2D eigenvalue weighted by atomic mass is 10.2. The quantitative estimate of drug-likeness (QED) is 0.491. The van der Waals surface area contributed by atoms with Gasteiger partial charge in [-0.15, -0.1) is 0 Å². The zero-order valence-corrected chi connectivity index (χ0v) is 8.86. The minimum Gasteiger partial charge on any atom is -0.478 e. The Bertz CT molecular complexity index is 381. The Labute approximate surface area is 90.6 Å². The molecule has 0 saturated heterocycles. The van der Waals surface area contributed by atoms with Gasteiger partial charge in [0.15, 0.2) is 11.6 Å². The Morgan fingerprint density at radius 3 is 2.46 bits per heavy atom. The average Bonchev–Trinajstić information content (AvgIpc) is 2.07. The molecule has 0 spiro atoms. The van der Waals surface area contributed by atoms with E-state index in [0.29, 0.717) is 0 Å². The van der Waals surface area contributed by atoms with Crippen LogP contribution in [0.2, 0.25) is 5.02 Å². The summed E-state index contributed by atoms with van der Waals surface area (Å²) in [6.45, 7) is 0. The molecule has 2 nitrogen and oxygen atoms in total. The van der Waals surface area contributed by atoms with Gasteiger partial charge in [-0.2, -0.15) is 0 Å². The molecule has 0 aliphatic carbocycles. The summed E-state index contributed by atoms with van der Waals surface area (Å²) in [6, 6.07) is 0.888. The number of benzene rings is 1. The SMILES string of the molecule is O=C(O)c1cc(I)c(F)c(Cl)c1F. The van der Waals surface area contributed by atoms with E-state index in [4.69, 9.17) is 16.7 Å². The van der Waals surface area contributed by atoms with E-state index in [1.807, 2.05) is 0 Å². The van der Waals surface area contributed by atoms with Gasteiger partial charge in [-0.05, 0) is 28.7 Å². The molecule has 0 unspecified atom stereocenters. The molecule has 0 aliphatic rings. The van der Waals surface area contributed by atoms with Crippen molar-refractivity contribution in [3.05, 3.63) is 31.9 Å². The summed E-state index contributed by atoms with van der Waals surface area (Å²) >= 11 is 6.75. The lowest BCUT2D eigenvalue weighted by Gasteiger charge is -2.02. The van der Waals surface area contributed by atoms with E-state index in [-0.39, 0.29) is 3.57 Å². The second-order valence-corrected chi connectivity index (χ2v) is 3.69. The Kier molecular flexibility index (Phi) is 3.07. The Morgan fingerprint density at radius 1 is 1.46 bits per heavy atom. The Morgan fingerprint density at radius 2 is 2.00 bits per heavy atom. The molecule has 0 amide bonds. The normalized spacial score (nSPS) is 10.2. The van der Waals surface area contributed by atoms with Gasteiger partial charge in [-0.1, -0.05) is 11.6 Å². The third-order valence-corrected chi connectivity index (χ3v) is 2.45. The predicted molar refractivity (Wildman–Crippen MR) is 51.0 cm³/mol. The monoisotopic (exact) mass is 318 g/mol. The molecule has 0 fully saturated rings. The van der Waals surface area contributed by atoms with Crippen molar-refractivity contribution in [1.29, 1.82) is 0 Å². The van der Waals surface area contributed by atoms with Gasteiger partial charge in [0.1, 0.15) is 5.02 Å². The highest BCUT2D eigenvalue weighted by molar-refractivity contribution is 14.1. The van der Waals surface area contributed by atoms with Gasteiger partial charge in [-0.25, -0.2) is 13.6 Å². The topological polar surface area (TPSA) is 37.3 Å². The number of hydrogen-bond donors (Lipinski definition) is 1. The lowest BCUT2D eigenvalue weighted by molar-refractivity contribution is 0.0691. The maximum atomic E-state index is 12.9. The summed E-state index contributed by atoms with van der Waals surface area (Å²) in [5.41, 5.74) is -0.629. The molecule has 1 rings (SSSR count). The van der Waals surface area contributed by atoms with Crippen LogP contribution in [-0.4, -0.2) is 11.1 Å². The van der Waals surface area contributed by atoms with Crippen molar-refractivity contribution in [2.75, 3.05) is 0 Å². The second kappa shape index (κ2) is 3.75. The smallest absolute Gasteiger partial charge is 0.338 e. The van der Waals surface area contributed by atoms with Crippen LogP contribution in [0.25, 0.3) is 0 Å². The molecule has 6 heteroatoms. The first-order valence-corrected chi connectivity index (χ1v) is 4.47. The van der Waals surface area contributed by atoms with E-state index in [2.05, 4.69) is 0 Å². The highest BCUT2D eigenvalue weighted by Crippen LogP contribution is 2.26. The molecule has 0 radical (unpaired) electrons. The molecule has 1 aromatic rings. The summed E-state index contributed by atoms with van der Waals surface area (Å²) in [5.74, 6) is -3.66. The third kappa shape index (κ3) is 1.91. The predicted octanol–water partition coefficient (Wildman–Crippen LogP) is 2.92. The molecule has 0 heterocycles. The maximum Gasteiger partial charge on any atom is 0.338 e. The largest absolute Gasteiger partial charge is 0.478 e. The fourth-order valence-electron chi connectivity index (χ4n) is 0.728. The zero-order chi connectivity index (χ0) is 10.2. The molecule has 0 saturated carbocycles. The Balaban J connectivity index is 3.50.